The monoisotopic (exact) mass is 357 g/mol. The number of likely N-dealkylation sites (tertiary alicyclic amines) is 1. The average molecular weight is 357 g/mol. The number of aromatic nitrogens is 2. The van der Waals surface area contributed by atoms with Crippen LogP contribution in [-0.4, -0.2) is 52.2 Å². The molecule has 0 saturated carbocycles. The van der Waals surface area contributed by atoms with Crippen LogP contribution in [0.15, 0.2) is 35.6 Å². The average Bonchev–Trinajstić information content (AvgIpc) is 3.16. The molecule has 2 aromatic heterocycles. The van der Waals surface area contributed by atoms with Crippen LogP contribution in [0, 0.1) is 0 Å². The number of hydrogen-bond acceptors (Lipinski definition) is 5. The number of fused-ring (bicyclic) bond motifs is 1. The van der Waals surface area contributed by atoms with E-state index in [1.807, 2.05) is 29.4 Å². The van der Waals surface area contributed by atoms with Gasteiger partial charge in [0, 0.05) is 55.4 Å². The van der Waals surface area contributed by atoms with Gasteiger partial charge in [0.1, 0.15) is 5.65 Å². The summed E-state index contributed by atoms with van der Waals surface area (Å²) >= 11 is 1.65. The molecular weight excluding hydrogens is 334 g/mol. The lowest BCUT2D eigenvalue weighted by molar-refractivity contribution is -0.129. The van der Waals surface area contributed by atoms with Crippen molar-refractivity contribution >= 4 is 34.4 Å². The summed E-state index contributed by atoms with van der Waals surface area (Å²) in [5.41, 5.74) is 7.85. The largest absolute Gasteiger partial charge is 0.346 e. The fourth-order valence-electron chi connectivity index (χ4n) is 3.66. The van der Waals surface area contributed by atoms with Crippen molar-refractivity contribution in [1.82, 2.24) is 14.9 Å². The van der Waals surface area contributed by atoms with Gasteiger partial charge in [-0.15, -0.1) is 11.8 Å². The number of thioether (sulfide) groups is 1. The summed E-state index contributed by atoms with van der Waals surface area (Å²) in [7, 11) is 0. The first-order valence-electron chi connectivity index (χ1n) is 8.82. The van der Waals surface area contributed by atoms with Gasteiger partial charge in [-0.3, -0.25) is 4.79 Å². The standard InChI is InChI=1S/C18H23N5OS/c19-11-13-3-1-2-8-23(13)18(24)16-12-22(9-10-25-16)15-5-7-21-17-14(15)4-6-20-17/h4-7,12-13H,1-3,8-11,19H2,(H,20,21)/t13-/m1/s1. The molecular formula is C18H23N5OS. The van der Waals surface area contributed by atoms with Crippen LogP contribution < -0.4 is 10.6 Å². The van der Waals surface area contributed by atoms with E-state index in [2.05, 4.69) is 14.9 Å². The third-order valence-corrected chi connectivity index (χ3v) is 5.96. The second-order valence-electron chi connectivity index (χ2n) is 6.49. The number of H-pyrrole nitrogens is 1. The van der Waals surface area contributed by atoms with Crippen LogP contribution in [0.1, 0.15) is 19.3 Å². The summed E-state index contributed by atoms with van der Waals surface area (Å²) in [4.78, 5) is 25.5. The zero-order chi connectivity index (χ0) is 17.2. The number of rotatable bonds is 3. The van der Waals surface area contributed by atoms with Gasteiger partial charge >= 0.3 is 0 Å². The first-order chi connectivity index (χ1) is 12.3. The first-order valence-corrected chi connectivity index (χ1v) is 9.81. The maximum atomic E-state index is 13.0. The number of carbonyl (C=O) groups is 1. The van der Waals surface area contributed by atoms with Crippen molar-refractivity contribution in [1.29, 1.82) is 0 Å². The van der Waals surface area contributed by atoms with Crippen molar-refractivity contribution in [2.75, 3.05) is 30.3 Å². The first kappa shape index (κ1) is 16.5. The predicted molar refractivity (Wildman–Crippen MR) is 102 cm³/mol. The number of amides is 1. The molecule has 1 saturated heterocycles. The van der Waals surface area contributed by atoms with Crippen LogP contribution in [0.2, 0.25) is 0 Å². The maximum Gasteiger partial charge on any atom is 0.262 e. The Bertz CT molecular complexity index is 802. The highest BCUT2D eigenvalue weighted by molar-refractivity contribution is 8.04. The van der Waals surface area contributed by atoms with E-state index in [1.54, 1.807) is 18.0 Å². The number of nitrogens with two attached hydrogens (primary N) is 1. The van der Waals surface area contributed by atoms with Gasteiger partial charge in [-0.05, 0) is 31.4 Å². The molecule has 132 valence electrons. The van der Waals surface area contributed by atoms with Gasteiger partial charge in [-0.2, -0.15) is 0 Å². The summed E-state index contributed by atoms with van der Waals surface area (Å²) in [6.07, 6.45) is 8.94. The Hall–Kier alpha value is -1.99. The molecule has 1 amide bonds. The molecule has 2 aliphatic rings. The molecule has 4 rings (SSSR count). The molecule has 0 unspecified atom stereocenters. The highest BCUT2D eigenvalue weighted by Crippen LogP contribution is 2.32. The Kier molecular flexibility index (Phi) is 4.67. The van der Waals surface area contributed by atoms with Crippen molar-refractivity contribution in [3.05, 3.63) is 35.6 Å². The van der Waals surface area contributed by atoms with E-state index >= 15 is 0 Å². The number of aromatic amines is 1. The van der Waals surface area contributed by atoms with Gasteiger partial charge in [0.05, 0.1) is 10.6 Å². The van der Waals surface area contributed by atoms with Crippen LogP contribution in [-0.2, 0) is 4.79 Å². The quantitative estimate of drug-likeness (QED) is 0.881. The Balaban J connectivity index is 1.62. The molecule has 4 heterocycles. The van der Waals surface area contributed by atoms with E-state index in [9.17, 15) is 4.79 Å². The van der Waals surface area contributed by atoms with E-state index in [-0.39, 0.29) is 11.9 Å². The van der Waals surface area contributed by atoms with Gasteiger partial charge in [0.25, 0.3) is 5.91 Å². The van der Waals surface area contributed by atoms with Crippen molar-refractivity contribution in [3.63, 3.8) is 0 Å². The smallest absolute Gasteiger partial charge is 0.262 e. The van der Waals surface area contributed by atoms with Gasteiger partial charge < -0.3 is 20.5 Å². The summed E-state index contributed by atoms with van der Waals surface area (Å²) in [6.45, 7) is 2.24. The zero-order valence-corrected chi connectivity index (χ0v) is 15.0. The van der Waals surface area contributed by atoms with E-state index < -0.39 is 0 Å². The maximum absolute atomic E-state index is 13.0. The van der Waals surface area contributed by atoms with E-state index in [0.717, 1.165) is 59.7 Å². The number of anilines is 1. The summed E-state index contributed by atoms with van der Waals surface area (Å²) in [5.74, 6) is 1.02. The lowest BCUT2D eigenvalue weighted by atomic mass is 10.0. The molecule has 0 bridgehead atoms. The molecule has 0 spiro atoms. The molecule has 1 atom stereocenters. The number of piperidine rings is 1. The van der Waals surface area contributed by atoms with Crippen LogP contribution in [0.4, 0.5) is 5.69 Å². The topological polar surface area (TPSA) is 78.2 Å². The van der Waals surface area contributed by atoms with Crippen molar-refractivity contribution < 1.29 is 4.79 Å². The molecule has 0 radical (unpaired) electrons. The molecule has 0 aliphatic carbocycles. The molecule has 25 heavy (non-hydrogen) atoms. The fraction of sp³-hybridized carbons (Fsp3) is 0.444. The minimum absolute atomic E-state index is 0.129. The zero-order valence-electron chi connectivity index (χ0n) is 14.1. The minimum Gasteiger partial charge on any atom is -0.346 e. The highest BCUT2D eigenvalue weighted by Gasteiger charge is 2.29. The minimum atomic E-state index is 0.129. The molecule has 1 fully saturated rings. The second-order valence-corrected chi connectivity index (χ2v) is 7.63. The normalized spacial score (nSPS) is 21.5. The molecule has 6 nitrogen and oxygen atoms in total. The summed E-state index contributed by atoms with van der Waals surface area (Å²) in [6, 6.07) is 4.22. The number of hydrogen-bond donors (Lipinski definition) is 2. The van der Waals surface area contributed by atoms with Crippen LogP contribution in [0.5, 0.6) is 0 Å². The summed E-state index contributed by atoms with van der Waals surface area (Å²) < 4.78 is 0. The molecule has 3 N–H and O–H groups in total. The SMILES string of the molecule is NC[C@H]1CCCCN1C(=O)C1=CN(c2ccnc3[nH]ccc23)CCS1. The Labute approximate surface area is 151 Å². The van der Waals surface area contributed by atoms with E-state index in [0.29, 0.717) is 6.54 Å². The second kappa shape index (κ2) is 7.09. The summed E-state index contributed by atoms with van der Waals surface area (Å²) in [5, 5.41) is 1.08. The number of pyridine rings is 1. The van der Waals surface area contributed by atoms with E-state index in [4.69, 9.17) is 5.73 Å². The Morgan fingerprint density at radius 1 is 1.36 bits per heavy atom. The molecule has 0 aromatic carbocycles. The number of nitrogens with zero attached hydrogens (tertiary/aromatic N) is 3. The van der Waals surface area contributed by atoms with Crippen LogP contribution >= 0.6 is 11.8 Å². The van der Waals surface area contributed by atoms with Crippen molar-refractivity contribution in [2.24, 2.45) is 5.73 Å². The van der Waals surface area contributed by atoms with E-state index in [1.165, 1.54) is 0 Å². The molecule has 2 aromatic rings. The lowest BCUT2D eigenvalue weighted by Crippen LogP contribution is -2.48. The molecule has 7 heteroatoms. The van der Waals surface area contributed by atoms with Crippen molar-refractivity contribution in [2.45, 2.75) is 25.3 Å². The predicted octanol–water partition coefficient (Wildman–Crippen LogP) is 2.30. The van der Waals surface area contributed by atoms with Gasteiger partial charge in [0.2, 0.25) is 0 Å². The molecule has 2 aliphatic heterocycles. The van der Waals surface area contributed by atoms with Crippen molar-refractivity contribution in [3.8, 4) is 0 Å². The van der Waals surface area contributed by atoms with Crippen LogP contribution in [0.25, 0.3) is 11.0 Å². The van der Waals surface area contributed by atoms with Crippen LogP contribution in [0.3, 0.4) is 0 Å². The third kappa shape index (κ3) is 3.14. The lowest BCUT2D eigenvalue weighted by Gasteiger charge is -2.36. The fourth-order valence-corrected chi connectivity index (χ4v) is 4.61. The van der Waals surface area contributed by atoms with Gasteiger partial charge in [-0.25, -0.2) is 4.98 Å². The third-order valence-electron chi connectivity index (χ3n) is 4.98. The van der Waals surface area contributed by atoms with Gasteiger partial charge in [-0.1, -0.05) is 0 Å². The number of nitrogens with one attached hydrogen (secondary N) is 1. The van der Waals surface area contributed by atoms with Gasteiger partial charge in [0.15, 0.2) is 0 Å². The Morgan fingerprint density at radius 2 is 2.28 bits per heavy atom. The number of carbonyl (C=O) groups excluding carboxylic acids is 1. The highest BCUT2D eigenvalue weighted by atomic mass is 32.2. The Morgan fingerprint density at radius 3 is 3.16 bits per heavy atom.